The molecule has 0 saturated heterocycles. The smallest absolute Gasteiger partial charge is 0.407 e. The summed E-state index contributed by atoms with van der Waals surface area (Å²) < 4.78 is 7.19. The quantitative estimate of drug-likeness (QED) is 0.257. The summed E-state index contributed by atoms with van der Waals surface area (Å²) in [6.45, 7) is 5.51. The first-order chi connectivity index (χ1) is 17.7. The zero-order chi connectivity index (χ0) is 26.2. The van der Waals surface area contributed by atoms with Crippen LogP contribution in [0.4, 0.5) is 4.79 Å². The van der Waals surface area contributed by atoms with E-state index in [1.807, 2.05) is 51.1 Å². The second kappa shape index (κ2) is 10.1. The average Bonchev–Trinajstić information content (AvgIpc) is 2.85. The van der Waals surface area contributed by atoms with Gasteiger partial charge < -0.3 is 10.1 Å². The zero-order valence-corrected chi connectivity index (χ0v) is 22.1. The topological polar surface area (TPSA) is 86.1 Å². The van der Waals surface area contributed by atoms with Crippen LogP contribution in [0.15, 0.2) is 59.8 Å². The Bertz CT molecular complexity index is 1510. The third-order valence-electron chi connectivity index (χ3n) is 6.85. The van der Waals surface area contributed by atoms with Crippen LogP contribution in [0.2, 0.25) is 5.15 Å². The fourth-order valence-corrected chi connectivity index (χ4v) is 5.35. The highest BCUT2D eigenvalue weighted by Crippen LogP contribution is 2.31. The Morgan fingerprint density at radius 1 is 1.08 bits per heavy atom. The molecule has 1 N–H and O–H groups in total. The van der Waals surface area contributed by atoms with Gasteiger partial charge in [-0.25, -0.2) is 14.8 Å². The maximum absolute atomic E-state index is 13.9. The fraction of sp³-hybridized carbons (Fsp3) is 0.379. The molecule has 0 spiro atoms. The van der Waals surface area contributed by atoms with Crippen molar-refractivity contribution in [1.29, 1.82) is 0 Å². The highest BCUT2D eigenvalue weighted by molar-refractivity contribution is 6.29. The number of rotatable bonds is 4. The Hall–Kier alpha value is -3.45. The number of halogens is 1. The van der Waals surface area contributed by atoms with Crippen LogP contribution in [0, 0.1) is 0 Å². The molecule has 5 rings (SSSR count). The van der Waals surface area contributed by atoms with Gasteiger partial charge in [-0.2, -0.15) is 0 Å². The Balaban J connectivity index is 1.56. The summed E-state index contributed by atoms with van der Waals surface area (Å²) in [5, 5.41) is 6.02. The molecular formula is C29H31ClN4O3. The molecule has 0 radical (unpaired) electrons. The van der Waals surface area contributed by atoms with Crippen molar-refractivity contribution in [2.45, 2.75) is 70.6 Å². The van der Waals surface area contributed by atoms with Crippen LogP contribution in [0.5, 0.6) is 0 Å². The maximum Gasteiger partial charge on any atom is 0.407 e. The van der Waals surface area contributed by atoms with Gasteiger partial charge in [-0.3, -0.25) is 9.36 Å². The van der Waals surface area contributed by atoms with Crippen LogP contribution in [-0.4, -0.2) is 32.3 Å². The van der Waals surface area contributed by atoms with Crippen molar-refractivity contribution in [2.24, 2.45) is 0 Å². The fourth-order valence-electron chi connectivity index (χ4n) is 5.23. The van der Waals surface area contributed by atoms with E-state index in [4.69, 9.17) is 21.3 Å². The van der Waals surface area contributed by atoms with Gasteiger partial charge in [0.1, 0.15) is 10.8 Å². The molecule has 8 heteroatoms. The molecule has 2 aromatic carbocycles. The molecule has 7 nitrogen and oxygen atoms in total. The van der Waals surface area contributed by atoms with Crippen molar-refractivity contribution in [3.05, 3.63) is 81.6 Å². The number of benzene rings is 2. The SMILES string of the molecule is CC(C)(C)OC(=O)N[C@H]1CCCC[C@@H]1n1cnc2c(cc(Cc3ccc(Cl)nc3)c3ccccc32)c1=O. The minimum Gasteiger partial charge on any atom is -0.444 e. The van der Waals surface area contributed by atoms with Crippen LogP contribution in [0.25, 0.3) is 21.7 Å². The van der Waals surface area contributed by atoms with E-state index in [0.717, 1.165) is 47.6 Å². The number of nitrogens with zero attached hydrogens (tertiary/aromatic N) is 3. The number of ether oxygens (including phenoxy) is 1. The molecule has 0 bridgehead atoms. The monoisotopic (exact) mass is 518 g/mol. The van der Waals surface area contributed by atoms with E-state index in [1.165, 1.54) is 0 Å². The number of carbonyl (C=O) groups excluding carboxylic acids is 1. The predicted octanol–water partition coefficient (Wildman–Crippen LogP) is 6.20. The maximum atomic E-state index is 13.9. The number of pyridine rings is 1. The lowest BCUT2D eigenvalue weighted by molar-refractivity contribution is 0.0471. The standard InChI is InChI=1S/C29H31ClN4O3/c1-29(2,3)37-28(36)33-23-10-6-7-11-24(23)34-17-32-26-21-9-5-4-8-20(21)19(15-22(26)27(34)35)14-18-12-13-25(30)31-16-18/h4-5,8-9,12-13,15-17,23-24H,6-7,10-11,14H2,1-3H3,(H,33,36)/t23-,24-/m0/s1. The summed E-state index contributed by atoms with van der Waals surface area (Å²) in [4.78, 5) is 35.4. The van der Waals surface area contributed by atoms with Crippen molar-refractivity contribution in [3.63, 3.8) is 0 Å². The van der Waals surface area contributed by atoms with E-state index >= 15 is 0 Å². The van der Waals surface area contributed by atoms with Crippen LogP contribution in [0.3, 0.4) is 0 Å². The number of hydrogen-bond donors (Lipinski definition) is 1. The minimum absolute atomic E-state index is 0.103. The lowest BCUT2D eigenvalue weighted by atomic mass is 9.90. The highest BCUT2D eigenvalue weighted by Gasteiger charge is 2.31. The van der Waals surface area contributed by atoms with Gasteiger partial charge in [0, 0.05) is 11.6 Å². The number of fused-ring (bicyclic) bond motifs is 3. The summed E-state index contributed by atoms with van der Waals surface area (Å²) in [5.74, 6) is 0. The van der Waals surface area contributed by atoms with Crippen molar-refractivity contribution in [1.82, 2.24) is 19.9 Å². The van der Waals surface area contributed by atoms with Crippen molar-refractivity contribution < 1.29 is 9.53 Å². The number of carbonyl (C=O) groups is 1. The largest absolute Gasteiger partial charge is 0.444 e. The van der Waals surface area contributed by atoms with Crippen molar-refractivity contribution in [3.8, 4) is 0 Å². The summed E-state index contributed by atoms with van der Waals surface area (Å²) in [5.41, 5.74) is 2.02. The van der Waals surface area contributed by atoms with E-state index in [2.05, 4.69) is 16.4 Å². The summed E-state index contributed by atoms with van der Waals surface area (Å²) in [6.07, 6.45) is 7.07. The summed E-state index contributed by atoms with van der Waals surface area (Å²) in [7, 11) is 0. The van der Waals surface area contributed by atoms with Crippen LogP contribution in [-0.2, 0) is 11.2 Å². The van der Waals surface area contributed by atoms with Gasteiger partial charge >= 0.3 is 6.09 Å². The first kappa shape index (κ1) is 25.2. The predicted molar refractivity (Wildman–Crippen MR) is 146 cm³/mol. The Morgan fingerprint density at radius 3 is 2.57 bits per heavy atom. The Labute approximate surface area is 220 Å². The van der Waals surface area contributed by atoms with Gasteiger partial charge in [-0.05, 0) is 68.7 Å². The molecule has 1 aliphatic carbocycles. The molecule has 1 amide bonds. The van der Waals surface area contributed by atoms with Crippen molar-refractivity contribution in [2.75, 3.05) is 0 Å². The molecule has 2 atom stereocenters. The van der Waals surface area contributed by atoms with Gasteiger partial charge in [-0.1, -0.05) is 54.8 Å². The zero-order valence-electron chi connectivity index (χ0n) is 21.3. The Morgan fingerprint density at radius 2 is 1.84 bits per heavy atom. The van der Waals surface area contributed by atoms with Gasteiger partial charge in [0.25, 0.3) is 5.56 Å². The number of amides is 1. The van der Waals surface area contributed by atoms with Gasteiger partial charge in [0.05, 0.1) is 29.3 Å². The number of alkyl carbamates (subject to hydrolysis) is 1. The number of hydrogen-bond acceptors (Lipinski definition) is 5. The third kappa shape index (κ3) is 5.47. The molecule has 37 heavy (non-hydrogen) atoms. The van der Waals surface area contributed by atoms with Gasteiger partial charge in [-0.15, -0.1) is 0 Å². The first-order valence-electron chi connectivity index (χ1n) is 12.7. The average molecular weight is 519 g/mol. The molecule has 0 aliphatic heterocycles. The van der Waals surface area contributed by atoms with E-state index < -0.39 is 11.7 Å². The van der Waals surface area contributed by atoms with Crippen molar-refractivity contribution >= 4 is 39.4 Å². The third-order valence-corrected chi connectivity index (χ3v) is 7.07. The highest BCUT2D eigenvalue weighted by atomic mass is 35.5. The lowest BCUT2D eigenvalue weighted by Gasteiger charge is -2.34. The van der Waals surface area contributed by atoms with E-state index in [0.29, 0.717) is 22.5 Å². The first-order valence-corrected chi connectivity index (χ1v) is 13.1. The molecule has 2 heterocycles. The van der Waals surface area contributed by atoms with E-state index in [9.17, 15) is 9.59 Å². The Kier molecular flexibility index (Phi) is 6.90. The van der Waals surface area contributed by atoms with Crippen LogP contribution < -0.4 is 10.9 Å². The molecule has 1 aliphatic rings. The summed E-state index contributed by atoms with van der Waals surface area (Å²) in [6, 6.07) is 13.3. The van der Waals surface area contributed by atoms with Crippen LogP contribution in [0.1, 0.15) is 63.6 Å². The van der Waals surface area contributed by atoms with Crippen LogP contribution >= 0.6 is 11.6 Å². The molecule has 1 fully saturated rings. The molecule has 4 aromatic rings. The molecule has 0 unspecified atom stereocenters. The van der Waals surface area contributed by atoms with E-state index in [1.54, 1.807) is 23.2 Å². The lowest BCUT2D eigenvalue weighted by Crippen LogP contribution is -2.47. The normalized spacial score (nSPS) is 18.2. The minimum atomic E-state index is -0.591. The summed E-state index contributed by atoms with van der Waals surface area (Å²) >= 11 is 5.98. The van der Waals surface area contributed by atoms with Gasteiger partial charge in [0.2, 0.25) is 0 Å². The van der Waals surface area contributed by atoms with E-state index in [-0.39, 0.29) is 17.6 Å². The molecule has 192 valence electrons. The number of nitrogens with one attached hydrogen (secondary N) is 1. The molecular weight excluding hydrogens is 488 g/mol. The number of aromatic nitrogens is 3. The molecule has 1 saturated carbocycles. The second-order valence-corrected chi connectivity index (χ2v) is 11.1. The molecule has 2 aromatic heterocycles. The second-order valence-electron chi connectivity index (χ2n) is 10.7. The van der Waals surface area contributed by atoms with Gasteiger partial charge in [0.15, 0.2) is 0 Å².